The molecule has 3 rings (SSSR count). The molecule has 1 unspecified atom stereocenters. The van der Waals surface area contributed by atoms with Crippen LogP contribution in [0.3, 0.4) is 0 Å². The molecule has 2 aromatic rings. The van der Waals surface area contributed by atoms with Gasteiger partial charge in [-0.15, -0.1) is 0 Å². The lowest BCUT2D eigenvalue weighted by Crippen LogP contribution is -2.42. The maximum Gasteiger partial charge on any atom is 0.338 e. The minimum Gasteiger partial charge on any atom is -0.478 e. The lowest BCUT2D eigenvalue weighted by atomic mass is 9.97. The maximum absolute atomic E-state index is 13.8. The number of benzene rings is 1. The Morgan fingerprint density at radius 1 is 1.31 bits per heavy atom. The van der Waals surface area contributed by atoms with Crippen molar-refractivity contribution in [1.29, 1.82) is 0 Å². The Labute approximate surface area is 151 Å². The van der Waals surface area contributed by atoms with E-state index in [0.717, 1.165) is 12.8 Å². The topological polar surface area (TPSA) is 75.4 Å². The third-order valence-corrected chi connectivity index (χ3v) is 4.90. The molecule has 1 saturated heterocycles. The molecule has 2 heterocycles. The predicted octanol–water partition coefficient (Wildman–Crippen LogP) is 2.76. The van der Waals surface area contributed by atoms with Gasteiger partial charge in [-0.25, -0.2) is 9.18 Å². The Kier molecular flexibility index (Phi) is 5.35. The molecular weight excluding hydrogens is 337 g/mol. The van der Waals surface area contributed by atoms with Gasteiger partial charge in [0.1, 0.15) is 5.82 Å². The highest BCUT2D eigenvalue weighted by Crippen LogP contribution is 2.24. The number of aromatic nitrogens is 2. The maximum atomic E-state index is 13.8. The average Bonchev–Trinajstić information content (AvgIpc) is 3.13. The number of nitrogens with zero attached hydrogens (tertiary/aromatic N) is 3. The molecular formula is C19H22FN3O3. The lowest BCUT2D eigenvalue weighted by Gasteiger charge is -2.33. The van der Waals surface area contributed by atoms with Gasteiger partial charge >= 0.3 is 5.97 Å². The third-order valence-electron chi connectivity index (χ3n) is 4.90. The van der Waals surface area contributed by atoms with Gasteiger partial charge in [0.05, 0.1) is 17.8 Å². The quantitative estimate of drug-likeness (QED) is 0.891. The van der Waals surface area contributed by atoms with Crippen LogP contribution in [0.2, 0.25) is 0 Å². The van der Waals surface area contributed by atoms with Gasteiger partial charge in [-0.2, -0.15) is 5.10 Å². The second kappa shape index (κ2) is 7.68. The van der Waals surface area contributed by atoms with E-state index < -0.39 is 5.97 Å². The SMILES string of the molecule is CC(Cc1ccccc1F)C(=O)N1CCC(n2cc(C(=O)O)cn2)CC1. The van der Waals surface area contributed by atoms with E-state index in [4.69, 9.17) is 5.11 Å². The van der Waals surface area contributed by atoms with Crippen molar-refractivity contribution in [2.75, 3.05) is 13.1 Å². The minimum atomic E-state index is -0.995. The Morgan fingerprint density at radius 3 is 2.62 bits per heavy atom. The van der Waals surface area contributed by atoms with Gasteiger partial charge < -0.3 is 10.0 Å². The van der Waals surface area contributed by atoms with Gasteiger partial charge in [-0.3, -0.25) is 9.48 Å². The van der Waals surface area contributed by atoms with Crippen molar-refractivity contribution in [3.8, 4) is 0 Å². The first-order valence-electron chi connectivity index (χ1n) is 8.75. The van der Waals surface area contributed by atoms with Crippen molar-refractivity contribution in [3.05, 3.63) is 53.6 Å². The molecule has 0 aliphatic carbocycles. The van der Waals surface area contributed by atoms with Gasteiger partial charge in [-0.1, -0.05) is 25.1 Å². The summed E-state index contributed by atoms with van der Waals surface area (Å²) < 4.78 is 15.5. The molecule has 1 fully saturated rings. The summed E-state index contributed by atoms with van der Waals surface area (Å²) in [6.07, 6.45) is 4.70. The van der Waals surface area contributed by atoms with Gasteiger partial charge in [0.15, 0.2) is 0 Å². The second-order valence-corrected chi connectivity index (χ2v) is 6.77. The van der Waals surface area contributed by atoms with Crippen molar-refractivity contribution >= 4 is 11.9 Å². The van der Waals surface area contributed by atoms with Crippen molar-refractivity contribution in [2.24, 2.45) is 5.92 Å². The number of piperidine rings is 1. The summed E-state index contributed by atoms with van der Waals surface area (Å²) in [7, 11) is 0. The minimum absolute atomic E-state index is 0.0263. The number of halogens is 1. The lowest BCUT2D eigenvalue weighted by molar-refractivity contribution is -0.136. The molecule has 0 saturated carbocycles. The first-order chi connectivity index (χ1) is 12.5. The van der Waals surface area contributed by atoms with Gasteiger partial charge in [0.2, 0.25) is 5.91 Å². The predicted molar refractivity (Wildman–Crippen MR) is 93.3 cm³/mol. The summed E-state index contributed by atoms with van der Waals surface area (Å²) >= 11 is 0. The standard InChI is InChI=1S/C19H22FN3O3/c1-13(10-14-4-2-3-5-17(14)20)18(24)22-8-6-16(7-9-22)23-12-15(11-21-23)19(25)26/h2-5,11-13,16H,6-10H2,1H3,(H,25,26). The van der Waals surface area contributed by atoms with Gasteiger partial charge in [-0.05, 0) is 30.9 Å². The molecule has 7 heteroatoms. The summed E-state index contributed by atoms with van der Waals surface area (Å²) in [6.45, 7) is 3.01. The van der Waals surface area contributed by atoms with Crippen LogP contribution in [0, 0.1) is 11.7 Å². The number of carbonyl (C=O) groups is 2. The number of likely N-dealkylation sites (tertiary alicyclic amines) is 1. The van der Waals surface area contributed by atoms with Crippen molar-refractivity contribution in [3.63, 3.8) is 0 Å². The van der Waals surface area contributed by atoms with E-state index in [1.807, 2.05) is 11.8 Å². The van der Waals surface area contributed by atoms with Gasteiger partial charge in [0, 0.05) is 25.2 Å². The smallest absolute Gasteiger partial charge is 0.338 e. The van der Waals surface area contributed by atoms with Gasteiger partial charge in [0.25, 0.3) is 0 Å². The monoisotopic (exact) mass is 359 g/mol. The molecule has 26 heavy (non-hydrogen) atoms. The zero-order valence-electron chi connectivity index (χ0n) is 14.6. The Balaban J connectivity index is 1.56. The van der Waals surface area contributed by atoms with Crippen LogP contribution in [-0.2, 0) is 11.2 Å². The summed E-state index contributed by atoms with van der Waals surface area (Å²) in [6, 6.07) is 6.63. The molecule has 1 amide bonds. The summed E-state index contributed by atoms with van der Waals surface area (Å²) in [5.74, 6) is -1.53. The van der Waals surface area contributed by atoms with E-state index >= 15 is 0 Å². The highest BCUT2D eigenvalue weighted by atomic mass is 19.1. The molecule has 1 aromatic carbocycles. The van der Waals surface area contributed by atoms with E-state index in [-0.39, 0.29) is 29.2 Å². The number of aromatic carboxylic acids is 1. The number of amides is 1. The number of carboxylic acid groups (broad SMARTS) is 1. The van der Waals surface area contributed by atoms with E-state index in [0.29, 0.717) is 25.1 Å². The zero-order valence-corrected chi connectivity index (χ0v) is 14.6. The van der Waals surface area contributed by atoms with Crippen LogP contribution in [0.4, 0.5) is 4.39 Å². The molecule has 0 spiro atoms. The number of hydrogen-bond acceptors (Lipinski definition) is 3. The third kappa shape index (κ3) is 3.92. The molecule has 138 valence electrons. The molecule has 1 aromatic heterocycles. The van der Waals surface area contributed by atoms with Crippen LogP contribution >= 0.6 is 0 Å². The van der Waals surface area contributed by atoms with E-state index in [9.17, 15) is 14.0 Å². The van der Waals surface area contributed by atoms with Crippen LogP contribution in [0.5, 0.6) is 0 Å². The fraction of sp³-hybridized carbons (Fsp3) is 0.421. The summed E-state index contributed by atoms with van der Waals surface area (Å²) in [4.78, 5) is 25.4. The van der Waals surface area contributed by atoms with Crippen LogP contribution < -0.4 is 0 Å². The second-order valence-electron chi connectivity index (χ2n) is 6.77. The molecule has 1 aliphatic rings. The average molecular weight is 359 g/mol. The van der Waals surface area contributed by atoms with Crippen LogP contribution in [0.15, 0.2) is 36.7 Å². The van der Waals surface area contributed by atoms with Crippen molar-refractivity contribution in [1.82, 2.24) is 14.7 Å². The fourth-order valence-corrected chi connectivity index (χ4v) is 3.39. The fourth-order valence-electron chi connectivity index (χ4n) is 3.39. The summed E-state index contributed by atoms with van der Waals surface area (Å²) in [5, 5.41) is 13.1. The number of carbonyl (C=O) groups excluding carboxylic acids is 1. The number of rotatable bonds is 5. The highest BCUT2D eigenvalue weighted by molar-refractivity contribution is 5.86. The number of carboxylic acids is 1. The molecule has 0 radical (unpaired) electrons. The molecule has 1 aliphatic heterocycles. The van der Waals surface area contributed by atoms with E-state index in [1.54, 1.807) is 22.9 Å². The van der Waals surface area contributed by atoms with Crippen LogP contribution in [0.25, 0.3) is 0 Å². The van der Waals surface area contributed by atoms with E-state index in [1.165, 1.54) is 18.5 Å². The molecule has 0 bridgehead atoms. The zero-order chi connectivity index (χ0) is 18.7. The Bertz CT molecular complexity index is 797. The highest BCUT2D eigenvalue weighted by Gasteiger charge is 2.27. The molecule has 1 N–H and O–H groups in total. The largest absolute Gasteiger partial charge is 0.478 e. The Morgan fingerprint density at radius 2 is 2.00 bits per heavy atom. The van der Waals surface area contributed by atoms with Crippen molar-refractivity contribution in [2.45, 2.75) is 32.2 Å². The molecule has 6 nitrogen and oxygen atoms in total. The molecule has 1 atom stereocenters. The number of hydrogen-bond donors (Lipinski definition) is 1. The van der Waals surface area contributed by atoms with E-state index in [2.05, 4.69) is 5.10 Å². The normalized spacial score (nSPS) is 16.5. The van der Waals surface area contributed by atoms with Crippen molar-refractivity contribution < 1.29 is 19.1 Å². The Hall–Kier alpha value is -2.70. The first kappa shape index (κ1) is 18.1. The van der Waals surface area contributed by atoms with Crippen LogP contribution in [-0.4, -0.2) is 44.8 Å². The first-order valence-corrected chi connectivity index (χ1v) is 8.75. The summed E-state index contributed by atoms with van der Waals surface area (Å²) in [5.41, 5.74) is 0.725. The van der Waals surface area contributed by atoms with Crippen LogP contribution in [0.1, 0.15) is 41.7 Å².